The van der Waals surface area contributed by atoms with Gasteiger partial charge in [-0.15, -0.1) is 0 Å². The molecule has 1 aliphatic rings. The summed E-state index contributed by atoms with van der Waals surface area (Å²) in [5.74, 6) is 1.07. The van der Waals surface area contributed by atoms with Gasteiger partial charge in [-0.3, -0.25) is 4.79 Å². The smallest absolute Gasteiger partial charge is 0.274 e. The number of carbonyl (C=O) groups excluding carboxylic acids is 1. The van der Waals surface area contributed by atoms with E-state index < -0.39 is 0 Å². The molecule has 3 rings (SSSR count). The summed E-state index contributed by atoms with van der Waals surface area (Å²) in [6, 6.07) is 9.50. The lowest BCUT2D eigenvalue weighted by atomic mass is 9.95. The summed E-state index contributed by atoms with van der Waals surface area (Å²) in [5, 5.41) is 6.28. The summed E-state index contributed by atoms with van der Waals surface area (Å²) in [6.07, 6.45) is 7.50. The van der Waals surface area contributed by atoms with Crippen molar-refractivity contribution < 1.29 is 9.53 Å². The number of nitrogens with one attached hydrogen (secondary N) is 2. The molecule has 25 heavy (non-hydrogen) atoms. The first kappa shape index (κ1) is 17.2. The number of para-hydroxylation sites is 2. The molecule has 1 saturated carbocycles. The molecule has 1 aliphatic carbocycles. The zero-order valence-corrected chi connectivity index (χ0v) is 14.5. The number of carbonyl (C=O) groups is 1. The Kier molecular flexibility index (Phi) is 5.82. The minimum atomic E-state index is -0.277. The van der Waals surface area contributed by atoms with Crippen molar-refractivity contribution in [3.63, 3.8) is 0 Å². The summed E-state index contributed by atoms with van der Waals surface area (Å²) in [7, 11) is 0. The fourth-order valence-corrected chi connectivity index (χ4v) is 3.05. The van der Waals surface area contributed by atoms with Gasteiger partial charge in [0, 0.05) is 12.1 Å². The second-order valence-electron chi connectivity index (χ2n) is 6.15. The molecule has 0 unspecified atom stereocenters. The lowest BCUT2D eigenvalue weighted by Gasteiger charge is -2.23. The number of benzene rings is 1. The van der Waals surface area contributed by atoms with Gasteiger partial charge in [-0.05, 0) is 31.9 Å². The van der Waals surface area contributed by atoms with Crippen LogP contribution in [0.2, 0.25) is 0 Å². The molecular weight excluding hydrogens is 316 g/mol. The third-order valence-electron chi connectivity index (χ3n) is 4.29. The SMILES string of the molecule is CCOc1ccccc1NC(=O)c1cc(NC2CCCCC2)ncn1. The third-order valence-corrected chi connectivity index (χ3v) is 4.29. The first-order valence-corrected chi connectivity index (χ1v) is 8.88. The van der Waals surface area contributed by atoms with Crippen molar-refractivity contribution in [2.45, 2.75) is 45.1 Å². The van der Waals surface area contributed by atoms with Crippen molar-refractivity contribution in [3.8, 4) is 5.75 Å². The minimum Gasteiger partial charge on any atom is -0.492 e. The van der Waals surface area contributed by atoms with Gasteiger partial charge in [0.25, 0.3) is 5.91 Å². The second-order valence-corrected chi connectivity index (χ2v) is 6.15. The molecule has 0 atom stereocenters. The van der Waals surface area contributed by atoms with Crippen LogP contribution in [-0.2, 0) is 0 Å². The Morgan fingerprint density at radius 3 is 2.80 bits per heavy atom. The molecule has 1 aromatic carbocycles. The quantitative estimate of drug-likeness (QED) is 0.835. The van der Waals surface area contributed by atoms with Crippen LogP contribution in [0.5, 0.6) is 5.75 Å². The predicted octanol–water partition coefficient (Wildman–Crippen LogP) is 3.87. The van der Waals surface area contributed by atoms with Crippen molar-refractivity contribution in [2.24, 2.45) is 0 Å². The van der Waals surface area contributed by atoms with Gasteiger partial charge in [0.05, 0.1) is 12.3 Å². The molecule has 0 spiro atoms. The van der Waals surface area contributed by atoms with E-state index in [9.17, 15) is 4.79 Å². The van der Waals surface area contributed by atoms with E-state index in [4.69, 9.17) is 4.74 Å². The molecular formula is C19H24N4O2. The summed E-state index contributed by atoms with van der Waals surface area (Å²) >= 11 is 0. The number of anilines is 2. The highest BCUT2D eigenvalue weighted by atomic mass is 16.5. The average Bonchev–Trinajstić information content (AvgIpc) is 2.64. The van der Waals surface area contributed by atoms with Gasteiger partial charge < -0.3 is 15.4 Å². The number of hydrogen-bond acceptors (Lipinski definition) is 5. The van der Waals surface area contributed by atoms with Crippen molar-refractivity contribution in [3.05, 3.63) is 42.4 Å². The Labute approximate surface area is 148 Å². The zero-order chi connectivity index (χ0) is 17.5. The molecule has 6 heteroatoms. The molecule has 1 fully saturated rings. The number of amides is 1. The number of ether oxygens (including phenoxy) is 1. The molecule has 0 radical (unpaired) electrons. The highest BCUT2D eigenvalue weighted by Crippen LogP contribution is 2.24. The summed E-state index contributed by atoms with van der Waals surface area (Å²) < 4.78 is 5.54. The van der Waals surface area contributed by atoms with Crippen LogP contribution in [0.15, 0.2) is 36.7 Å². The van der Waals surface area contributed by atoms with Crippen LogP contribution in [0.4, 0.5) is 11.5 Å². The Balaban J connectivity index is 1.69. The largest absolute Gasteiger partial charge is 0.492 e. The van der Waals surface area contributed by atoms with Crippen LogP contribution in [0.3, 0.4) is 0 Å². The van der Waals surface area contributed by atoms with Gasteiger partial charge >= 0.3 is 0 Å². The highest BCUT2D eigenvalue weighted by Gasteiger charge is 2.16. The van der Waals surface area contributed by atoms with E-state index in [-0.39, 0.29) is 5.91 Å². The molecule has 6 nitrogen and oxygen atoms in total. The van der Waals surface area contributed by atoms with Crippen LogP contribution in [0.1, 0.15) is 49.5 Å². The normalized spacial score (nSPS) is 14.8. The Morgan fingerprint density at radius 1 is 1.20 bits per heavy atom. The topological polar surface area (TPSA) is 76.1 Å². The standard InChI is InChI=1S/C19H24N4O2/c1-2-25-17-11-7-6-10-15(17)23-19(24)16-12-18(21-13-20-16)22-14-8-4-3-5-9-14/h6-7,10-14H,2-5,8-9H2,1H3,(H,23,24)(H,20,21,22). The lowest BCUT2D eigenvalue weighted by molar-refractivity contribution is 0.102. The maximum absolute atomic E-state index is 12.5. The number of nitrogens with zero attached hydrogens (tertiary/aromatic N) is 2. The van der Waals surface area contributed by atoms with Gasteiger partial charge in [0.15, 0.2) is 0 Å². The maximum Gasteiger partial charge on any atom is 0.274 e. The fraction of sp³-hybridized carbons (Fsp3) is 0.421. The molecule has 1 aromatic heterocycles. The summed E-state index contributed by atoms with van der Waals surface area (Å²) in [6.45, 7) is 2.45. The third kappa shape index (κ3) is 4.68. The second kappa shape index (κ2) is 8.46. The molecule has 0 bridgehead atoms. The summed E-state index contributed by atoms with van der Waals surface area (Å²) in [5.41, 5.74) is 0.967. The predicted molar refractivity (Wildman–Crippen MR) is 98.1 cm³/mol. The van der Waals surface area contributed by atoms with Crippen LogP contribution in [0, 0.1) is 0 Å². The van der Waals surface area contributed by atoms with Crippen molar-refractivity contribution in [2.75, 3.05) is 17.2 Å². The Bertz CT molecular complexity index is 714. The fourth-order valence-electron chi connectivity index (χ4n) is 3.05. The molecule has 0 aliphatic heterocycles. The molecule has 2 aromatic rings. The van der Waals surface area contributed by atoms with E-state index in [2.05, 4.69) is 20.6 Å². The monoisotopic (exact) mass is 340 g/mol. The van der Waals surface area contributed by atoms with E-state index in [1.807, 2.05) is 31.2 Å². The zero-order valence-electron chi connectivity index (χ0n) is 14.5. The minimum absolute atomic E-state index is 0.277. The van der Waals surface area contributed by atoms with E-state index >= 15 is 0 Å². The molecule has 0 saturated heterocycles. The Hall–Kier alpha value is -2.63. The van der Waals surface area contributed by atoms with E-state index in [1.54, 1.807) is 6.07 Å². The Morgan fingerprint density at radius 2 is 2.00 bits per heavy atom. The number of rotatable bonds is 6. The van der Waals surface area contributed by atoms with E-state index in [0.717, 1.165) is 12.8 Å². The van der Waals surface area contributed by atoms with Crippen LogP contribution in [-0.4, -0.2) is 28.5 Å². The molecule has 1 amide bonds. The lowest BCUT2D eigenvalue weighted by Crippen LogP contribution is -2.23. The summed E-state index contributed by atoms with van der Waals surface area (Å²) in [4.78, 5) is 20.9. The van der Waals surface area contributed by atoms with Gasteiger partial charge in [-0.25, -0.2) is 9.97 Å². The van der Waals surface area contributed by atoms with E-state index in [0.29, 0.717) is 35.6 Å². The number of hydrogen-bond donors (Lipinski definition) is 2. The number of aromatic nitrogens is 2. The average molecular weight is 340 g/mol. The van der Waals surface area contributed by atoms with Crippen LogP contribution >= 0.6 is 0 Å². The van der Waals surface area contributed by atoms with Gasteiger partial charge in [0.1, 0.15) is 23.6 Å². The first-order valence-electron chi connectivity index (χ1n) is 8.88. The molecule has 132 valence electrons. The van der Waals surface area contributed by atoms with Gasteiger partial charge in [-0.2, -0.15) is 0 Å². The van der Waals surface area contributed by atoms with Crippen molar-refractivity contribution >= 4 is 17.4 Å². The molecule has 2 N–H and O–H groups in total. The van der Waals surface area contributed by atoms with Crippen LogP contribution in [0.25, 0.3) is 0 Å². The van der Waals surface area contributed by atoms with Crippen LogP contribution < -0.4 is 15.4 Å². The van der Waals surface area contributed by atoms with Crippen molar-refractivity contribution in [1.82, 2.24) is 9.97 Å². The van der Waals surface area contributed by atoms with E-state index in [1.165, 1.54) is 25.6 Å². The van der Waals surface area contributed by atoms with Gasteiger partial charge in [-0.1, -0.05) is 31.4 Å². The maximum atomic E-state index is 12.5. The van der Waals surface area contributed by atoms with Crippen molar-refractivity contribution in [1.29, 1.82) is 0 Å². The van der Waals surface area contributed by atoms with Gasteiger partial charge in [0.2, 0.25) is 0 Å². The first-order chi connectivity index (χ1) is 12.3. The molecule has 1 heterocycles. The highest BCUT2D eigenvalue weighted by molar-refractivity contribution is 6.04.